The highest BCUT2D eigenvalue weighted by Gasteiger charge is 2.29. The minimum atomic E-state index is -1.43. The van der Waals surface area contributed by atoms with E-state index in [0.29, 0.717) is 4.90 Å². The highest BCUT2D eigenvalue weighted by molar-refractivity contribution is 6.01. The van der Waals surface area contributed by atoms with Gasteiger partial charge in [-0.2, -0.15) is 0 Å². The lowest BCUT2D eigenvalue weighted by Crippen LogP contribution is -2.34. The Morgan fingerprint density at radius 1 is 1.03 bits per heavy atom. The molecule has 0 saturated carbocycles. The molecule has 0 fully saturated rings. The van der Waals surface area contributed by atoms with Gasteiger partial charge in [-0.25, -0.2) is 38.4 Å². The Morgan fingerprint density at radius 3 is 2.35 bits per heavy atom. The van der Waals surface area contributed by atoms with Crippen LogP contribution < -0.4 is 16.4 Å². The van der Waals surface area contributed by atoms with E-state index in [1.54, 1.807) is 6.92 Å². The van der Waals surface area contributed by atoms with Crippen LogP contribution >= 0.6 is 0 Å². The van der Waals surface area contributed by atoms with Crippen LogP contribution in [0.1, 0.15) is 35.9 Å². The Morgan fingerprint density at radius 2 is 1.76 bits per heavy atom. The lowest BCUT2D eigenvalue weighted by molar-refractivity contribution is 0.0688. The number of nitrogens with zero attached hydrogens (tertiary/aromatic N) is 5. The number of rotatable bonds is 6. The van der Waals surface area contributed by atoms with Gasteiger partial charge >= 0.3 is 6.03 Å². The number of aliphatic hydroxyl groups is 1. The van der Waals surface area contributed by atoms with Crippen LogP contribution in [0.15, 0.2) is 47.2 Å². The smallest absolute Gasteiger partial charge is 0.325 e. The fraction of sp³-hybridized carbons (Fsp3) is 0.167. The van der Waals surface area contributed by atoms with Crippen LogP contribution in [0.4, 0.5) is 25.1 Å². The van der Waals surface area contributed by atoms with E-state index < -0.39 is 34.9 Å². The second kappa shape index (κ2) is 9.35. The number of aryl methyl sites for hydroxylation is 1. The molecule has 5 N–H and O–H groups in total. The molecule has 0 aliphatic heterocycles. The monoisotopic (exact) mass is 509 g/mol. The first-order chi connectivity index (χ1) is 17.4. The summed E-state index contributed by atoms with van der Waals surface area (Å²) in [7, 11) is 0. The number of nitrogens with two attached hydrogens (primary N) is 2. The van der Waals surface area contributed by atoms with E-state index >= 15 is 8.78 Å². The zero-order valence-corrected chi connectivity index (χ0v) is 19.9. The predicted molar refractivity (Wildman–Crippen MR) is 127 cm³/mol. The molecule has 11 nitrogen and oxygen atoms in total. The van der Waals surface area contributed by atoms with Crippen LogP contribution in [0, 0.1) is 18.6 Å². The maximum Gasteiger partial charge on any atom is 0.325 e. The molecule has 190 valence electrons. The summed E-state index contributed by atoms with van der Waals surface area (Å²) in [6.07, 6.45) is 2.51. The number of benzene rings is 1. The minimum Gasteiger partial charge on any atom is -0.449 e. The normalized spacial score (nSPS) is 11.4. The largest absolute Gasteiger partial charge is 0.449 e. The summed E-state index contributed by atoms with van der Waals surface area (Å²) in [6.45, 7) is 4.45. The number of carbonyl (C=O) groups is 2. The van der Waals surface area contributed by atoms with E-state index in [0.717, 1.165) is 18.2 Å². The Hall–Kier alpha value is -4.78. The molecule has 3 amide bonds. The summed E-state index contributed by atoms with van der Waals surface area (Å²) in [5.41, 5.74) is 8.46. The van der Waals surface area contributed by atoms with E-state index in [2.05, 4.69) is 19.9 Å². The van der Waals surface area contributed by atoms with Gasteiger partial charge in [-0.1, -0.05) is 0 Å². The molecular weight excluding hydrogens is 488 g/mol. The Bertz CT molecular complexity index is 1530. The van der Waals surface area contributed by atoms with Crippen molar-refractivity contribution in [3.63, 3.8) is 0 Å². The van der Waals surface area contributed by atoms with Crippen molar-refractivity contribution in [1.29, 1.82) is 0 Å². The van der Waals surface area contributed by atoms with Crippen molar-refractivity contribution in [2.45, 2.75) is 26.4 Å². The third-order valence-corrected chi connectivity index (χ3v) is 5.23. The van der Waals surface area contributed by atoms with Gasteiger partial charge < -0.3 is 21.0 Å². The molecule has 4 rings (SSSR count). The maximum absolute atomic E-state index is 15.8. The molecule has 0 saturated heterocycles. The third kappa shape index (κ3) is 4.84. The van der Waals surface area contributed by atoms with E-state index in [-0.39, 0.29) is 45.7 Å². The number of oxazole rings is 1. The van der Waals surface area contributed by atoms with Gasteiger partial charge in [0.1, 0.15) is 40.6 Å². The molecule has 1 aromatic carbocycles. The summed E-state index contributed by atoms with van der Waals surface area (Å²) < 4.78 is 36.1. The van der Waals surface area contributed by atoms with Crippen LogP contribution in [0.5, 0.6) is 0 Å². The first-order valence-electron chi connectivity index (χ1n) is 10.8. The molecule has 0 aliphatic rings. The highest BCUT2D eigenvalue weighted by Crippen LogP contribution is 2.36. The zero-order chi connectivity index (χ0) is 27.1. The van der Waals surface area contributed by atoms with E-state index in [1.165, 1.54) is 38.4 Å². The van der Waals surface area contributed by atoms with Crippen molar-refractivity contribution in [2.24, 2.45) is 11.5 Å². The lowest BCUT2D eigenvalue weighted by atomic mass is 10.1. The Balaban J connectivity index is 1.91. The fourth-order valence-electron chi connectivity index (χ4n) is 3.52. The van der Waals surface area contributed by atoms with Crippen molar-refractivity contribution in [2.75, 3.05) is 4.90 Å². The van der Waals surface area contributed by atoms with Crippen molar-refractivity contribution >= 4 is 23.4 Å². The van der Waals surface area contributed by atoms with Gasteiger partial charge in [-0.3, -0.25) is 4.79 Å². The zero-order valence-electron chi connectivity index (χ0n) is 19.9. The summed E-state index contributed by atoms with van der Waals surface area (Å²) in [6, 6.07) is 4.52. The first-order valence-corrected chi connectivity index (χ1v) is 10.8. The van der Waals surface area contributed by atoms with Crippen LogP contribution in [0.2, 0.25) is 0 Å². The molecular formula is C24H21F2N7O4. The lowest BCUT2D eigenvalue weighted by Gasteiger charge is -2.23. The van der Waals surface area contributed by atoms with Crippen molar-refractivity contribution < 1.29 is 27.9 Å². The van der Waals surface area contributed by atoms with Gasteiger partial charge in [-0.15, -0.1) is 0 Å². The second-order valence-electron chi connectivity index (χ2n) is 8.44. The molecule has 0 radical (unpaired) electrons. The fourth-order valence-corrected chi connectivity index (χ4v) is 3.52. The Kier molecular flexibility index (Phi) is 6.40. The summed E-state index contributed by atoms with van der Waals surface area (Å²) in [5.74, 6) is -3.23. The van der Waals surface area contributed by atoms with E-state index in [9.17, 15) is 14.7 Å². The number of urea groups is 1. The molecule has 0 bridgehead atoms. The van der Waals surface area contributed by atoms with Crippen LogP contribution in [-0.4, -0.2) is 37.0 Å². The van der Waals surface area contributed by atoms with Gasteiger partial charge in [0.2, 0.25) is 0 Å². The van der Waals surface area contributed by atoms with Gasteiger partial charge in [0.25, 0.3) is 5.91 Å². The molecule has 0 aliphatic carbocycles. The molecule has 0 spiro atoms. The van der Waals surface area contributed by atoms with Gasteiger partial charge in [0.15, 0.2) is 17.5 Å². The average Bonchev–Trinajstić information content (AvgIpc) is 3.26. The van der Waals surface area contributed by atoms with Crippen LogP contribution in [-0.2, 0) is 5.60 Å². The number of primary amides is 2. The SMILES string of the molecule is Cc1nc(-c2nc(N(C(N)=O)c3c(F)ccc(-c4ccnc(C(C)(C)O)n4)c3F)ccc2C(N)=O)co1. The quantitative estimate of drug-likeness (QED) is 0.355. The van der Waals surface area contributed by atoms with Gasteiger partial charge in [-0.05, 0) is 44.2 Å². The van der Waals surface area contributed by atoms with E-state index in [4.69, 9.17) is 15.9 Å². The van der Waals surface area contributed by atoms with Gasteiger partial charge in [0.05, 0.1) is 11.3 Å². The number of hydrogen-bond donors (Lipinski definition) is 3. The number of aromatic nitrogens is 4. The Labute approximate surface area is 208 Å². The summed E-state index contributed by atoms with van der Waals surface area (Å²) in [4.78, 5) is 41.4. The van der Waals surface area contributed by atoms with Crippen LogP contribution in [0.3, 0.4) is 0 Å². The third-order valence-electron chi connectivity index (χ3n) is 5.23. The maximum atomic E-state index is 15.8. The molecule has 3 aromatic heterocycles. The first kappa shape index (κ1) is 25.3. The van der Waals surface area contributed by atoms with E-state index in [1.807, 2.05) is 0 Å². The molecule has 4 aromatic rings. The molecule has 3 heterocycles. The molecule has 13 heteroatoms. The average molecular weight is 509 g/mol. The number of anilines is 2. The second-order valence-corrected chi connectivity index (χ2v) is 8.44. The predicted octanol–water partition coefficient (Wildman–Crippen LogP) is 3.32. The van der Waals surface area contributed by atoms with Crippen molar-refractivity contribution in [1.82, 2.24) is 19.9 Å². The molecule has 0 atom stereocenters. The number of pyridine rings is 1. The number of halogens is 2. The van der Waals surface area contributed by atoms with Crippen LogP contribution in [0.25, 0.3) is 22.6 Å². The summed E-state index contributed by atoms with van der Waals surface area (Å²) >= 11 is 0. The topological polar surface area (TPSA) is 174 Å². The summed E-state index contributed by atoms with van der Waals surface area (Å²) in [5, 5.41) is 10.2. The number of amides is 3. The van der Waals surface area contributed by atoms with Crippen molar-refractivity contribution in [3.8, 4) is 22.6 Å². The number of hydrogen-bond acceptors (Lipinski definition) is 8. The standard InChI is InChI=1S/C24H21F2N7O4/c1-11-30-16(10-37-11)19-13(21(27)34)5-7-17(32-19)33(23(28)35)20-14(25)6-4-12(18(20)26)15-8-9-29-22(31-15)24(2,3)36/h4-10,36H,1-3H3,(H2,27,34)(H2,28,35). The minimum absolute atomic E-state index is 0.00159. The van der Waals surface area contributed by atoms with Gasteiger partial charge in [0, 0.05) is 18.7 Å². The number of carbonyl (C=O) groups excluding carboxylic acids is 2. The highest BCUT2D eigenvalue weighted by atomic mass is 19.1. The van der Waals surface area contributed by atoms with Crippen molar-refractivity contribution in [3.05, 3.63) is 71.7 Å². The molecule has 0 unspecified atom stereocenters. The molecule has 37 heavy (non-hydrogen) atoms.